The zero-order valence-electron chi connectivity index (χ0n) is 10.2. The Morgan fingerprint density at radius 3 is 2.94 bits per heavy atom. The van der Waals surface area contributed by atoms with Crippen LogP contribution < -0.4 is 5.32 Å². The van der Waals surface area contributed by atoms with E-state index in [0.717, 1.165) is 37.8 Å². The Balaban J connectivity index is 2.44. The molecule has 1 atom stereocenters. The first-order valence-electron chi connectivity index (χ1n) is 6.27. The topological polar surface area (TPSA) is 49.3 Å². The number of nitrogens with one attached hydrogen (secondary N) is 1. The molecule has 2 N–H and O–H groups in total. The number of hydrogen-bond donors (Lipinski definition) is 2. The van der Waals surface area contributed by atoms with E-state index in [9.17, 15) is 9.90 Å². The van der Waals surface area contributed by atoms with Gasteiger partial charge in [0, 0.05) is 6.54 Å². The highest BCUT2D eigenvalue weighted by molar-refractivity contribution is 5.88. The fraction of sp³-hybridized carbons (Fsp3) is 0.500. The van der Waals surface area contributed by atoms with Crippen LogP contribution >= 0.6 is 0 Å². The Morgan fingerprint density at radius 1 is 1.41 bits per heavy atom. The zero-order chi connectivity index (χ0) is 12.3. The van der Waals surface area contributed by atoms with Gasteiger partial charge in [0.05, 0.1) is 5.41 Å². The number of phenolic OH excluding ortho intramolecular Hbond substituents is 1. The van der Waals surface area contributed by atoms with E-state index in [1.807, 2.05) is 13.0 Å². The zero-order valence-corrected chi connectivity index (χ0v) is 10.2. The monoisotopic (exact) mass is 233 g/mol. The van der Waals surface area contributed by atoms with Crippen molar-refractivity contribution in [3.05, 3.63) is 29.8 Å². The number of hydrogen-bond acceptors (Lipinski definition) is 2. The van der Waals surface area contributed by atoms with Gasteiger partial charge in [0.25, 0.3) is 0 Å². The molecule has 0 aromatic heterocycles. The molecule has 1 fully saturated rings. The van der Waals surface area contributed by atoms with Gasteiger partial charge in [0.15, 0.2) is 0 Å². The van der Waals surface area contributed by atoms with Crippen LogP contribution in [-0.4, -0.2) is 17.6 Å². The van der Waals surface area contributed by atoms with Crippen LogP contribution in [0.15, 0.2) is 24.3 Å². The summed E-state index contributed by atoms with van der Waals surface area (Å²) in [7, 11) is 0. The van der Waals surface area contributed by atoms with Gasteiger partial charge in [0.1, 0.15) is 5.75 Å². The predicted octanol–water partition coefficient (Wildman–Crippen LogP) is 2.34. The van der Waals surface area contributed by atoms with E-state index in [1.165, 1.54) is 0 Å². The van der Waals surface area contributed by atoms with Crippen molar-refractivity contribution < 1.29 is 9.90 Å². The first kappa shape index (κ1) is 12.0. The lowest BCUT2D eigenvalue weighted by Crippen LogP contribution is -2.42. The van der Waals surface area contributed by atoms with Crippen molar-refractivity contribution in [3.8, 4) is 5.75 Å². The highest BCUT2D eigenvalue weighted by Crippen LogP contribution is 2.36. The highest BCUT2D eigenvalue weighted by atomic mass is 16.3. The molecule has 1 amide bonds. The average molecular weight is 233 g/mol. The number of phenols is 1. The Bertz CT molecular complexity index is 416. The van der Waals surface area contributed by atoms with E-state index in [2.05, 4.69) is 5.32 Å². The van der Waals surface area contributed by atoms with Crippen LogP contribution in [0.4, 0.5) is 0 Å². The largest absolute Gasteiger partial charge is 0.508 e. The molecule has 1 aliphatic rings. The number of rotatable bonds is 2. The van der Waals surface area contributed by atoms with Crippen molar-refractivity contribution >= 4 is 5.91 Å². The standard InChI is InChI=1S/C14H19NO2/c1-2-14(8-3-4-9-15-13(14)17)11-6-5-7-12(16)10-11/h5-7,10,16H,2-4,8-9H2,1H3,(H,15,17). The number of carbonyl (C=O) groups excluding carboxylic acids is 1. The van der Waals surface area contributed by atoms with Crippen molar-refractivity contribution in [1.82, 2.24) is 5.32 Å². The third-order valence-corrected chi connectivity index (χ3v) is 3.75. The van der Waals surface area contributed by atoms with Crippen LogP contribution in [0.3, 0.4) is 0 Å². The van der Waals surface area contributed by atoms with E-state index in [4.69, 9.17) is 0 Å². The number of benzene rings is 1. The second-order valence-corrected chi connectivity index (χ2v) is 4.70. The Morgan fingerprint density at radius 2 is 2.24 bits per heavy atom. The van der Waals surface area contributed by atoms with Crippen LogP contribution in [-0.2, 0) is 10.2 Å². The summed E-state index contributed by atoms with van der Waals surface area (Å²) in [5.41, 5.74) is 0.467. The van der Waals surface area contributed by atoms with Crippen molar-refractivity contribution in [2.75, 3.05) is 6.54 Å². The molecule has 3 heteroatoms. The van der Waals surface area contributed by atoms with E-state index in [-0.39, 0.29) is 11.7 Å². The molecule has 1 saturated heterocycles. The van der Waals surface area contributed by atoms with E-state index < -0.39 is 5.41 Å². The summed E-state index contributed by atoms with van der Waals surface area (Å²) in [6, 6.07) is 7.10. The molecular weight excluding hydrogens is 214 g/mol. The summed E-state index contributed by atoms with van der Waals surface area (Å²) in [5.74, 6) is 0.329. The summed E-state index contributed by atoms with van der Waals surface area (Å²) in [6.45, 7) is 2.80. The van der Waals surface area contributed by atoms with E-state index in [1.54, 1.807) is 18.2 Å². The second kappa shape index (κ2) is 4.78. The van der Waals surface area contributed by atoms with Crippen LogP contribution in [0.2, 0.25) is 0 Å². The van der Waals surface area contributed by atoms with Gasteiger partial charge in [-0.15, -0.1) is 0 Å². The minimum Gasteiger partial charge on any atom is -0.508 e. The van der Waals surface area contributed by atoms with Gasteiger partial charge in [-0.05, 0) is 37.0 Å². The second-order valence-electron chi connectivity index (χ2n) is 4.70. The molecular formula is C14H19NO2. The van der Waals surface area contributed by atoms with Crippen LogP contribution in [0.25, 0.3) is 0 Å². The van der Waals surface area contributed by atoms with Crippen molar-refractivity contribution in [2.24, 2.45) is 0 Å². The van der Waals surface area contributed by atoms with Gasteiger partial charge in [-0.3, -0.25) is 4.79 Å². The maximum atomic E-state index is 12.3. The van der Waals surface area contributed by atoms with Crippen LogP contribution in [0, 0.1) is 0 Å². The Hall–Kier alpha value is -1.51. The van der Waals surface area contributed by atoms with Gasteiger partial charge < -0.3 is 10.4 Å². The highest BCUT2D eigenvalue weighted by Gasteiger charge is 2.39. The fourth-order valence-corrected chi connectivity index (χ4v) is 2.66. The molecule has 3 nitrogen and oxygen atoms in total. The lowest BCUT2D eigenvalue weighted by molar-refractivity contribution is -0.126. The van der Waals surface area contributed by atoms with Gasteiger partial charge in [-0.25, -0.2) is 0 Å². The maximum Gasteiger partial charge on any atom is 0.230 e. The molecule has 1 aromatic rings. The predicted molar refractivity (Wildman–Crippen MR) is 66.9 cm³/mol. The minimum atomic E-state index is -0.463. The van der Waals surface area contributed by atoms with Crippen molar-refractivity contribution in [2.45, 2.75) is 38.0 Å². The quantitative estimate of drug-likeness (QED) is 0.823. The molecule has 0 bridgehead atoms. The smallest absolute Gasteiger partial charge is 0.230 e. The summed E-state index contributed by atoms with van der Waals surface area (Å²) >= 11 is 0. The van der Waals surface area contributed by atoms with Gasteiger partial charge in [-0.2, -0.15) is 0 Å². The van der Waals surface area contributed by atoms with Gasteiger partial charge in [0.2, 0.25) is 5.91 Å². The molecule has 1 heterocycles. The first-order chi connectivity index (χ1) is 8.19. The third-order valence-electron chi connectivity index (χ3n) is 3.75. The fourth-order valence-electron chi connectivity index (χ4n) is 2.66. The molecule has 1 aliphatic heterocycles. The summed E-state index contributed by atoms with van der Waals surface area (Å²) in [4.78, 5) is 12.3. The number of carbonyl (C=O) groups is 1. The van der Waals surface area contributed by atoms with Crippen LogP contribution in [0.1, 0.15) is 38.2 Å². The summed E-state index contributed by atoms with van der Waals surface area (Å²) in [5, 5.41) is 12.6. The van der Waals surface area contributed by atoms with E-state index in [0.29, 0.717) is 0 Å². The molecule has 0 spiro atoms. The number of amides is 1. The van der Waals surface area contributed by atoms with Crippen molar-refractivity contribution in [3.63, 3.8) is 0 Å². The molecule has 92 valence electrons. The normalized spacial score (nSPS) is 25.1. The maximum absolute atomic E-state index is 12.3. The minimum absolute atomic E-state index is 0.100. The molecule has 17 heavy (non-hydrogen) atoms. The lowest BCUT2D eigenvalue weighted by atomic mass is 9.74. The molecule has 0 radical (unpaired) electrons. The summed E-state index contributed by atoms with van der Waals surface area (Å²) in [6.07, 6.45) is 3.70. The average Bonchev–Trinajstić information content (AvgIpc) is 2.52. The lowest BCUT2D eigenvalue weighted by Gasteiger charge is -2.30. The van der Waals surface area contributed by atoms with Crippen LogP contribution in [0.5, 0.6) is 5.75 Å². The van der Waals surface area contributed by atoms with Gasteiger partial charge >= 0.3 is 0 Å². The van der Waals surface area contributed by atoms with Crippen molar-refractivity contribution in [1.29, 1.82) is 0 Å². The number of aromatic hydroxyl groups is 1. The third kappa shape index (κ3) is 2.14. The molecule has 2 rings (SSSR count). The molecule has 1 unspecified atom stereocenters. The molecule has 0 saturated carbocycles. The first-order valence-corrected chi connectivity index (χ1v) is 6.27. The van der Waals surface area contributed by atoms with E-state index >= 15 is 0 Å². The Kier molecular flexibility index (Phi) is 3.36. The Labute approximate surface area is 102 Å². The van der Waals surface area contributed by atoms with Gasteiger partial charge in [-0.1, -0.05) is 25.5 Å². The SMILES string of the molecule is CCC1(c2cccc(O)c2)CCCCNC1=O. The molecule has 0 aliphatic carbocycles. The molecule has 1 aromatic carbocycles. The summed E-state index contributed by atoms with van der Waals surface area (Å²) < 4.78 is 0.